The average molecular weight is 259 g/mol. The molecule has 98 valence electrons. The molecule has 1 aliphatic rings. The molecule has 19 heavy (non-hydrogen) atoms. The Morgan fingerprint density at radius 1 is 1.37 bits per heavy atom. The van der Waals surface area contributed by atoms with Crippen molar-refractivity contribution in [2.75, 3.05) is 0 Å². The summed E-state index contributed by atoms with van der Waals surface area (Å²) in [6.07, 6.45) is 0.230. The Morgan fingerprint density at radius 2 is 2.11 bits per heavy atom. The highest BCUT2D eigenvalue weighted by atomic mass is 16.4. The van der Waals surface area contributed by atoms with Gasteiger partial charge in [0, 0.05) is 23.0 Å². The molecular formula is C13H13N3O3. The number of hydrogen-bond acceptors (Lipinski definition) is 3. The van der Waals surface area contributed by atoms with Crippen LogP contribution in [0.2, 0.25) is 0 Å². The van der Waals surface area contributed by atoms with Crippen LogP contribution in [0.4, 0.5) is 0 Å². The number of carbonyl (C=O) groups is 2. The van der Waals surface area contributed by atoms with Crippen molar-refractivity contribution >= 4 is 22.8 Å². The summed E-state index contributed by atoms with van der Waals surface area (Å²) in [6.45, 7) is 0. The van der Waals surface area contributed by atoms with E-state index in [1.54, 1.807) is 0 Å². The summed E-state index contributed by atoms with van der Waals surface area (Å²) in [5, 5.41) is 12.5. The zero-order chi connectivity index (χ0) is 13.6. The van der Waals surface area contributed by atoms with Gasteiger partial charge in [-0.3, -0.25) is 4.79 Å². The molecule has 0 spiro atoms. The summed E-state index contributed by atoms with van der Waals surface area (Å²) in [5.41, 5.74) is 8.14. The molecule has 2 aromatic rings. The minimum absolute atomic E-state index is 0.230. The molecule has 3 rings (SSSR count). The molecule has 0 saturated heterocycles. The predicted octanol–water partition coefficient (Wildman–Crippen LogP) is 0.293. The molecule has 2 atom stereocenters. The Hall–Kier alpha value is -2.34. The third-order valence-electron chi connectivity index (χ3n) is 3.46. The van der Waals surface area contributed by atoms with Crippen molar-refractivity contribution in [3.63, 3.8) is 0 Å². The van der Waals surface area contributed by atoms with E-state index in [9.17, 15) is 9.59 Å². The molecule has 6 heteroatoms. The molecule has 1 aromatic carbocycles. The number of benzene rings is 1. The summed E-state index contributed by atoms with van der Waals surface area (Å²) >= 11 is 0. The Bertz CT molecular complexity index is 677. The van der Waals surface area contributed by atoms with Crippen LogP contribution < -0.4 is 11.1 Å². The van der Waals surface area contributed by atoms with Gasteiger partial charge < -0.3 is 21.1 Å². The third-order valence-corrected chi connectivity index (χ3v) is 3.46. The van der Waals surface area contributed by atoms with Crippen molar-refractivity contribution < 1.29 is 14.7 Å². The first-order chi connectivity index (χ1) is 9.08. The van der Waals surface area contributed by atoms with Crippen LogP contribution in [-0.2, 0) is 16.0 Å². The number of carboxylic acid groups (broad SMARTS) is 1. The average Bonchev–Trinajstić information content (AvgIpc) is 2.70. The summed E-state index contributed by atoms with van der Waals surface area (Å²) < 4.78 is 0. The standard InChI is InChI=1S/C13H13N3O3/c14-10-11-7(5-9(13(18)19)16-12(10)17)6-3-1-2-4-8(6)15-11/h1-4,9-10,15H,5,14H2,(H,16,17)(H,18,19)/t9-,10-/m0/s1. The van der Waals surface area contributed by atoms with Crippen molar-refractivity contribution in [3.05, 3.63) is 35.5 Å². The van der Waals surface area contributed by atoms with Gasteiger partial charge in [-0.2, -0.15) is 0 Å². The molecular weight excluding hydrogens is 246 g/mol. The van der Waals surface area contributed by atoms with Gasteiger partial charge >= 0.3 is 5.97 Å². The Kier molecular flexibility index (Phi) is 2.53. The molecule has 1 amide bonds. The fourth-order valence-electron chi connectivity index (χ4n) is 2.50. The quantitative estimate of drug-likeness (QED) is 0.590. The lowest BCUT2D eigenvalue weighted by Gasteiger charge is -2.11. The van der Waals surface area contributed by atoms with Crippen LogP contribution in [0.1, 0.15) is 17.3 Å². The zero-order valence-corrected chi connectivity index (χ0v) is 10.0. The van der Waals surface area contributed by atoms with E-state index in [2.05, 4.69) is 10.3 Å². The van der Waals surface area contributed by atoms with E-state index < -0.39 is 24.0 Å². The van der Waals surface area contributed by atoms with Crippen LogP contribution >= 0.6 is 0 Å². The zero-order valence-electron chi connectivity index (χ0n) is 10.0. The van der Waals surface area contributed by atoms with Gasteiger partial charge in [0.1, 0.15) is 12.1 Å². The molecule has 1 aromatic heterocycles. The smallest absolute Gasteiger partial charge is 0.326 e. The number of hydrogen-bond donors (Lipinski definition) is 4. The molecule has 0 aliphatic carbocycles. The van der Waals surface area contributed by atoms with Crippen LogP contribution in [0.15, 0.2) is 24.3 Å². The third kappa shape index (κ3) is 1.77. The van der Waals surface area contributed by atoms with Gasteiger partial charge in [0.25, 0.3) is 0 Å². The molecule has 0 bridgehead atoms. The molecule has 0 unspecified atom stereocenters. The van der Waals surface area contributed by atoms with Gasteiger partial charge in [-0.1, -0.05) is 18.2 Å². The number of rotatable bonds is 1. The maximum Gasteiger partial charge on any atom is 0.326 e. The van der Waals surface area contributed by atoms with Crippen LogP contribution in [0, 0.1) is 0 Å². The lowest BCUT2D eigenvalue weighted by molar-refractivity contribution is -0.141. The lowest BCUT2D eigenvalue weighted by Crippen LogP contribution is -2.43. The van der Waals surface area contributed by atoms with Crippen LogP contribution in [0.3, 0.4) is 0 Å². The monoisotopic (exact) mass is 259 g/mol. The highest BCUT2D eigenvalue weighted by Gasteiger charge is 2.32. The number of nitrogens with two attached hydrogens (primary N) is 1. The molecule has 5 N–H and O–H groups in total. The number of aromatic nitrogens is 1. The second-order valence-electron chi connectivity index (χ2n) is 4.64. The van der Waals surface area contributed by atoms with Gasteiger partial charge in [-0.25, -0.2) is 4.79 Å². The van der Waals surface area contributed by atoms with E-state index >= 15 is 0 Å². The summed E-state index contributed by atoms with van der Waals surface area (Å²) in [6, 6.07) is 5.71. The number of amides is 1. The number of para-hydroxylation sites is 1. The predicted molar refractivity (Wildman–Crippen MR) is 68.5 cm³/mol. The number of carboxylic acids is 1. The van der Waals surface area contributed by atoms with E-state index in [0.29, 0.717) is 5.69 Å². The van der Waals surface area contributed by atoms with E-state index in [1.807, 2.05) is 24.3 Å². The molecule has 0 radical (unpaired) electrons. The number of H-pyrrole nitrogens is 1. The fourth-order valence-corrected chi connectivity index (χ4v) is 2.50. The Balaban J connectivity index is 2.21. The molecule has 0 saturated carbocycles. The molecule has 1 aliphatic heterocycles. The van der Waals surface area contributed by atoms with Gasteiger partial charge in [0.2, 0.25) is 5.91 Å². The number of aromatic amines is 1. The topological polar surface area (TPSA) is 108 Å². The normalized spacial score (nSPS) is 22.7. The Morgan fingerprint density at radius 3 is 2.84 bits per heavy atom. The Labute approximate surface area is 108 Å². The first-order valence-corrected chi connectivity index (χ1v) is 5.96. The minimum Gasteiger partial charge on any atom is -0.480 e. The van der Waals surface area contributed by atoms with E-state index in [0.717, 1.165) is 16.5 Å². The first-order valence-electron chi connectivity index (χ1n) is 5.96. The maximum absolute atomic E-state index is 11.8. The second kappa shape index (κ2) is 4.10. The second-order valence-corrected chi connectivity index (χ2v) is 4.64. The van der Waals surface area contributed by atoms with E-state index in [1.165, 1.54) is 0 Å². The van der Waals surface area contributed by atoms with Crippen molar-refractivity contribution in [3.8, 4) is 0 Å². The molecule has 2 heterocycles. The van der Waals surface area contributed by atoms with Crippen molar-refractivity contribution in [2.24, 2.45) is 5.73 Å². The highest BCUT2D eigenvalue weighted by molar-refractivity contribution is 5.93. The number of fused-ring (bicyclic) bond motifs is 3. The molecule has 6 nitrogen and oxygen atoms in total. The minimum atomic E-state index is -1.06. The van der Waals surface area contributed by atoms with E-state index in [-0.39, 0.29) is 6.42 Å². The van der Waals surface area contributed by atoms with Gasteiger partial charge in [0.15, 0.2) is 0 Å². The maximum atomic E-state index is 11.8. The van der Waals surface area contributed by atoms with E-state index in [4.69, 9.17) is 10.8 Å². The van der Waals surface area contributed by atoms with Gasteiger partial charge in [-0.05, 0) is 11.6 Å². The lowest BCUT2D eigenvalue weighted by atomic mass is 10.0. The summed E-state index contributed by atoms with van der Waals surface area (Å²) in [4.78, 5) is 26.1. The van der Waals surface area contributed by atoms with Crippen LogP contribution in [0.5, 0.6) is 0 Å². The van der Waals surface area contributed by atoms with Crippen molar-refractivity contribution in [2.45, 2.75) is 18.5 Å². The van der Waals surface area contributed by atoms with Gasteiger partial charge in [-0.15, -0.1) is 0 Å². The van der Waals surface area contributed by atoms with Crippen molar-refractivity contribution in [1.29, 1.82) is 0 Å². The number of carbonyl (C=O) groups excluding carboxylic acids is 1. The van der Waals surface area contributed by atoms with Crippen LogP contribution in [-0.4, -0.2) is 28.0 Å². The van der Waals surface area contributed by atoms with Crippen LogP contribution in [0.25, 0.3) is 10.9 Å². The van der Waals surface area contributed by atoms with Gasteiger partial charge in [0.05, 0.1) is 0 Å². The largest absolute Gasteiger partial charge is 0.480 e. The summed E-state index contributed by atoms with van der Waals surface area (Å²) in [5.74, 6) is -1.53. The molecule has 0 fully saturated rings. The SMILES string of the molecule is N[C@@H]1C(=O)N[C@H](C(=O)O)Cc2c1[nH]c1ccccc21. The number of nitrogens with one attached hydrogen (secondary N) is 2. The highest BCUT2D eigenvalue weighted by Crippen LogP contribution is 2.29. The van der Waals surface area contributed by atoms with Crippen molar-refractivity contribution in [1.82, 2.24) is 10.3 Å². The number of aliphatic carboxylic acids is 1. The fraction of sp³-hybridized carbons (Fsp3) is 0.231. The first kappa shape index (κ1) is 11.7. The summed E-state index contributed by atoms with van der Waals surface area (Å²) in [7, 11) is 0.